The van der Waals surface area contributed by atoms with Gasteiger partial charge in [0.2, 0.25) is 0 Å². The lowest BCUT2D eigenvalue weighted by Gasteiger charge is -2.34. The van der Waals surface area contributed by atoms with Crippen molar-refractivity contribution < 1.29 is 9.84 Å². The molecule has 20 heavy (non-hydrogen) atoms. The first-order chi connectivity index (χ1) is 9.66. The number of aliphatic hydroxyl groups is 1. The first-order valence-electron chi connectivity index (χ1n) is 8.08. The van der Waals surface area contributed by atoms with Crippen LogP contribution in [0.1, 0.15) is 62.7 Å². The van der Waals surface area contributed by atoms with Crippen LogP contribution in [0.25, 0.3) is 0 Å². The molecular weight excluding hydrogens is 248 g/mol. The predicted octanol–water partition coefficient (Wildman–Crippen LogP) is 4.02. The quantitative estimate of drug-likeness (QED) is 0.825. The maximum Gasteiger partial charge on any atom is 0.0855 e. The molecule has 1 aromatic rings. The molecule has 0 bridgehead atoms. The molecule has 0 amide bonds. The molecule has 0 radical (unpaired) electrons. The van der Waals surface area contributed by atoms with E-state index in [-0.39, 0.29) is 6.10 Å². The van der Waals surface area contributed by atoms with Gasteiger partial charge in [-0.3, -0.25) is 0 Å². The Bertz CT molecular complexity index is 456. The van der Waals surface area contributed by atoms with Crippen LogP contribution in [0.15, 0.2) is 24.3 Å². The van der Waals surface area contributed by atoms with Gasteiger partial charge in [-0.05, 0) is 42.7 Å². The molecule has 1 saturated carbocycles. The molecule has 2 heteroatoms. The Hall–Kier alpha value is -0.860. The summed E-state index contributed by atoms with van der Waals surface area (Å²) < 4.78 is 5.98. The van der Waals surface area contributed by atoms with Gasteiger partial charge in [-0.25, -0.2) is 0 Å². The van der Waals surface area contributed by atoms with Crippen molar-refractivity contribution in [2.45, 2.75) is 63.6 Å². The molecule has 2 nitrogen and oxygen atoms in total. The topological polar surface area (TPSA) is 29.5 Å². The second kappa shape index (κ2) is 5.87. The van der Waals surface area contributed by atoms with Crippen molar-refractivity contribution in [2.75, 3.05) is 6.61 Å². The average Bonchev–Trinajstić information content (AvgIpc) is 2.61. The number of hydrogen-bond acceptors (Lipinski definition) is 2. The lowest BCUT2D eigenvalue weighted by atomic mass is 9.84. The van der Waals surface area contributed by atoms with Crippen molar-refractivity contribution >= 4 is 0 Å². The van der Waals surface area contributed by atoms with E-state index in [0.29, 0.717) is 0 Å². The fourth-order valence-electron chi connectivity index (χ4n) is 3.76. The van der Waals surface area contributed by atoms with Crippen molar-refractivity contribution in [3.8, 4) is 0 Å². The average molecular weight is 274 g/mol. The minimum Gasteiger partial charge on any atom is -0.390 e. The predicted molar refractivity (Wildman–Crippen MR) is 80.7 cm³/mol. The molecule has 110 valence electrons. The summed E-state index contributed by atoms with van der Waals surface area (Å²) >= 11 is 0. The highest BCUT2D eigenvalue weighted by Gasteiger charge is 2.35. The molecule has 1 aliphatic carbocycles. The molecule has 1 aromatic carbocycles. The zero-order chi connectivity index (χ0) is 14.0. The number of hydrogen-bond donors (Lipinski definition) is 1. The molecule has 0 aromatic heterocycles. The highest BCUT2D eigenvalue weighted by Crippen LogP contribution is 2.39. The zero-order valence-corrected chi connectivity index (χ0v) is 12.5. The Morgan fingerprint density at radius 3 is 3.00 bits per heavy atom. The van der Waals surface area contributed by atoms with E-state index in [1.54, 1.807) is 0 Å². The molecule has 3 atom stereocenters. The molecule has 1 heterocycles. The Kier molecular flexibility index (Phi) is 4.13. The van der Waals surface area contributed by atoms with E-state index in [1.165, 1.54) is 17.5 Å². The number of ether oxygens (including phenoxy) is 1. The summed E-state index contributed by atoms with van der Waals surface area (Å²) in [5, 5.41) is 11.0. The molecule has 2 aliphatic rings. The summed E-state index contributed by atoms with van der Waals surface area (Å²) in [6, 6.07) is 8.55. The van der Waals surface area contributed by atoms with Crippen LogP contribution in [0.2, 0.25) is 0 Å². The Labute approximate surface area is 122 Å². The molecule has 3 rings (SSSR count). The van der Waals surface area contributed by atoms with Gasteiger partial charge in [0, 0.05) is 6.42 Å². The van der Waals surface area contributed by atoms with Crippen LogP contribution in [0.5, 0.6) is 0 Å². The van der Waals surface area contributed by atoms with Crippen molar-refractivity contribution in [2.24, 2.45) is 5.92 Å². The van der Waals surface area contributed by atoms with Gasteiger partial charge in [-0.2, -0.15) is 0 Å². The van der Waals surface area contributed by atoms with Gasteiger partial charge in [0.25, 0.3) is 0 Å². The molecule has 0 saturated heterocycles. The summed E-state index contributed by atoms with van der Waals surface area (Å²) in [5.74, 6) is 0.753. The van der Waals surface area contributed by atoms with Crippen LogP contribution in [0.3, 0.4) is 0 Å². The summed E-state index contributed by atoms with van der Waals surface area (Å²) in [6.07, 6.45) is 7.24. The van der Waals surface area contributed by atoms with Crippen molar-refractivity contribution in [3.05, 3.63) is 35.4 Å². The number of fused-ring (bicyclic) bond motifs is 1. The minimum absolute atomic E-state index is 0.0818. The molecule has 1 N–H and O–H groups in total. The normalized spacial score (nSPS) is 34.3. The fourth-order valence-corrected chi connectivity index (χ4v) is 3.76. The number of rotatable bonds is 2. The second-order valence-electron chi connectivity index (χ2n) is 6.77. The van der Waals surface area contributed by atoms with E-state index in [1.807, 2.05) is 0 Å². The van der Waals surface area contributed by atoms with E-state index >= 15 is 0 Å². The van der Waals surface area contributed by atoms with Crippen LogP contribution in [0, 0.1) is 5.92 Å². The summed E-state index contributed by atoms with van der Waals surface area (Å²) in [7, 11) is 0. The molecule has 0 spiro atoms. The smallest absolute Gasteiger partial charge is 0.0855 e. The van der Waals surface area contributed by atoms with Gasteiger partial charge < -0.3 is 9.84 Å². The highest BCUT2D eigenvalue weighted by molar-refractivity contribution is 5.31. The third kappa shape index (κ3) is 3.07. The van der Waals surface area contributed by atoms with Gasteiger partial charge in [-0.1, -0.05) is 44.0 Å². The Balaban J connectivity index is 1.74. The van der Waals surface area contributed by atoms with Crippen molar-refractivity contribution in [3.63, 3.8) is 0 Å². The van der Waals surface area contributed by atoms with Gasteiger partial charge in [0.05, 0.1) is 18.3 Å². The van der Waals surface area contributed by atoms with E-state index in [9.17, 15) is 5.11 Å². The SMILES string of the molecule is CC1CCCC(O)(CC2OCCc3ccccc32)CC1. The van der Waals surface area contributed by atoms with Crippen LogP contribution in [-0.2, 0) is 11.2 Å². The maximum atomic E-state index is 11.0. The van der Waals surface area contributed by atoms with Crippen LogP contribution in [-0.4, -0.2) is 17.3 Å². The first-order valence-corrected chi connectivity index (χ1v) is 8.08. The zero-order valence-electron chi connectivity index (χ0n) is 12.5. The third-order valence-corrected chi connectivity index (χ3v) is 5.10. The molecule has 1 aliphatic heterocycles. The Morgan fingerprint density at radius 2 is 2.10 bits per heavy atom. The Morgan fingerprint density at radius 1 is 1.25 bits per heavy atom. The minimum atomic E-state index is -0.528. The van der Waals surface area contributed by atoms with E-state index in [4.69, 9.17) is 4.74 Å². The standard InChI is InChI=1S/C18H26O2/c1-14-5-4-10-18(19,11-8-14)13-17-16-7-3-2-6-15(16)9-12-20-17/h2-3,6-7,14,17,19H,4-5,8-13H2,1H3. The summed E-state index contributed by atoms with van der Waals surface area (Å²) in [6.45, 7) is 3.09. The van der Waals surface area contributed by atoms with Crippen LogP contribution in [0.4, 0.5) is 0 Å². The number of benzene rings is 1. The van der Waals surface area contributed by atoms with E-state index < -0.39 is 5.60 Å². The second-order valence-corrected chi connectivity index (χ2v) is 6.77. The van der Waals surface area contributed by atoms with Crippen LogP contribution >= 0.6 is 0 Å². The van der Waals surface area contributed by atoms with Gasteiger partial charge in [-0.15, -0.1) is 0 Å². The van der Waals surface area contributed by atoms with E-state index in [2.05, 4.69) is 31.2 Å². The monoisotopic (exact) mass is 274 g/mol. The largest absolute Gasteiger partial charge is 0.390 e. The summed E-state index contributed by atoms with van der Waals surface area (Å²) in [5.41, 5.74) is 2.17. The lowest BCUT2D eigenvalue weighted by molar-refractivity contribution is -0.0540. The van der Waals surface area contributed by atoms with Crippen LogP contribution < -0.4 is 0 Å². The van der Waals surface area contributed by atoms with Gasteiger partial charge >= 0.3 is 0 Å². The lowest BCUT2D eigenvalue weighted by Crippen LogP contribution is -2.32. The van der Waals surface area contributed by atoms with Gasteiger partial charge in [0.1, 0.15) is 0 Å². The van der Waals surface area contributed by atoms with Crippen molar-refractivity contribution in [1.82, 2.24) is 0 Å². The molecule has 1 fully saturated rings. The molecule has 3 unspecified atom stereocenters. The maximum absolute atomic E-state index is 11.0. The van der Waals surface area contributed by atoms with Gasteiger partial charge in [0.15, 0.2) is 0 Å². The van der Waals surface area contributed by atoms with E-state index in [0.717, 1.165) is 51.0 Å². The third-order valence-electron chi connectivity index (χ3n) is 5.10. The fraction of sp³-hybridized carbons (Fsp3) is 0.667. The highest BCUT2D eigenvalue weighted by atomic mass is 16.5. The summed E-state index contributed by atoms with van der Waals surface area (Å²) in [4.78, 5) is 0. The molecular formula is C18H26O2. The first kappa shape index (κ1) is 14.1. The van der Waals surface area contributed by atoms with Crippen molar-refractivity contribution in [1.29, 1.82) is 0 Å².